The minimum atomic E-state index is 0.418. The van der Waals surface area contributed by atoms with Crippen molar-refractivity contribution in [3.05, 3.63) is 58.6 Å². The number of rotatable bonds is 8. The van der Waals surface area contributed by atoms with E-state index in [1.54, 1.807) is 7.11 Å². The minimum Gasteiger partial charge on any atom is -0.493 e. The van der Waals surface area contributed by atoms with Crippen molar-refractivity contribution in [2.24, 2.45) is 5.92 Å². The molecule has 1 N–H and O–H groups in total. The van der Waals surface area contributed by atoms with E-state index in [1.807, 2.05) is 36.4 Å². The summed E-state index contributed by atoms with van der Waals surface area (Å²) in [6, 6.07) is 13.7. The van der Waals surface area contributed by atoms with Crippen LogP contribution < -0.4 is 14.8 Å². The standard InChI is InChI=1S/C19H24ClNO2/c1-14(2)11-21-12-15-8-9-18(19(10-15)22-3)23-13-16-6-4-5-7-17(16)20/h4-10,14,21H,11-13H2,1-3H3. The first-order valence-corrected chi connectivity index (χ1v) is 8.21. The fourth-order valence-electron chi connectivity index (χ4n) is 2.22. The second kappa shape index (κ2) is 8.80. The van der Waals surface area contributed by atoms with Gasteiger partial charge in [0.1, 0.15) is 6.61 Å². The highest BCUT2D eigenvalue weighted by Gasteiger charge is 2.07. The van der Waals surface area contributed by atoms with Gasteiger partial charge in [0.2, 0.25) is 0 Å². The molecule has 2 aromatic carbocycles. The Bertz CT molecular complexity index is 629. The van der Waals surface area contributed by atoms with E-state index in [-0.39, 0.29) is 0 Å². The van der Waals surface area contributed by atoms with E-state index in [0.717, 1.165) is 30.2 Å². The van der Waals surface area contributed by atoms with E-state index >= 15 is 0 Å². The van der Waals surface area contributed by atoms with Gasteiger partial charge in [0.25, 0.3) is 0 Å². The highest BCUT2D eigenvalue weighted by atomic mass is 35.5. The third kappa shape index (κ3) is 5.45. The Kier molecular flexibility index (Phi) is 6.75. The minimum absolute atomic E-state index is 0.418. The number of hydrogen-bond donors (Lipinski definition) is 1. The molecule has 0 amide bonds. The zero-order valence-electron chi connectivity index (χ0n) is 13.9. The quantitative estimate of drug-likeness (QED) is 0.761. The van der Waals surface area contributed by atoms with Gasteiger partial charge >= 0.3 is 0 Å². The SMILES string of the molecule is COc1cc(CNCC(C)C)ccc1OCc1ccccc1Cl. The van der Waals surface area contributed by atoms with Crippen LogP contribution in [0.3, 0.4) is 0 Å². The van der Waals surface area contributed by atoms with Gasteiger partial charge in [-0.2, -0.15) is 0 Å². The van der Waals surface area contributed by atoms with Crippen molar-refractivity contribution in [3.63, 3.8) is 0 Å². The molecule has 0 aliphatic rings. The fraction of sp³-hybridized carbons (Fsp3) is 0.368. The van der Waals surface area contributed by atoms with Gasteiger partial charge in [-0.25, -0.2) is 0 Å². The van der Waals surface area contributed by atoms with Gasteiger partial charge in [-0.3, -0.25) is 0 Å². The Hall–Kier alpha value is -1.71. The molecule has 0 bridgehead atoms. The Labute approximate surface area is 143 Å². The summed E-state index contributed by atoms with van der Waals surface area (Å²) in [5.41, 5.74) is 2.13. The van der Waals surface area contributed by atoms with Gasteiger partial charge in [-0.1, -0.05) is 49.7 Å². The van der Waals surface area contributed by atoms with Gasteiger partial charge in [-0.15, -0.1) is 0 Å². The van der Waals surface area contributed by atoms with Crippen LogP contribution in [0.5, 0.6) is 11.5 Å². The average molecular weight is 334 g/mol. The van der Waals surface area contributed by atoms with Crippen molar-refractivity contribution in [2.45, 2.75) is 27.0 Å². The van der Waals surface area contributed by atoms with Gasteiger partial charge in [0, 0.05) is 17.1 Å². The molecule has 0 aliphatic carbocycles. The molecule has 0 aliphatic heterocycles. The zero-order valence-corrected chi connectivity index (χ0v) is 14.7. The van der Waals surface area contributed by atoms with Crippen molar-refractivity contribution in [1.82, 2.24) is 5.32 Å². The smallest absolute Gasteiger partial charge is 0.161 e. The number of nitrogens with one attached hydrogen (secondary N) is 1. The lowest BCUT2D eigenvalue weighted by atomic mass is 10.1. The molecule has 124 valence electrons. The Balaban J connectivity index is 2.00. The van der Waals surface area contributed by atoms with Gasteiger partial charge in [-0.05, 0) is 36.2 Å². The van der Waals surface area contributed by atoms with Crippen LogP contribution in [-0.4, -0.2) is 13.7 Å². The van der Waals surface area contributed by atoms with Crippen LogP contribution in [0.15, 0.2) is 42.5 Å². The largest absolute Gasteiger partial charge is 0.493 e. The van der Waals surface area contributed by atoms with E-state index < -0.39 is 0 Å². The predicted molar refractivity (Wildman–Crippen MR) is 95.3 cm³/mol. The molecule has 0 saturated heterocycles. The van der Waals surface area contributed by atoms with E-state index in [0.29, 0.717) is 17.5 Å². The zero-order chi connectivity index (χ0) is 16.7. The molecule has 0 spiro atoms. The second-order valence-electron chi connectivity index (χ2n) is 5.89. The third-order valence-corrected chi connectivity index (χ3v) is 3.82. The summed E-state index contributed by atoms with van der Waals surface area (Å²) in [6.07, 6.45) is 0. The number of benzene rings is 2. The van der Waals surface area contributed by atoms with Crippen molar-refractivity contribution in [1.29, 1.82) is 0 Å². The molecule has 0 fully saturated rings. The highest BCUT2D eigenvalue weighted by molar-refractivity contribution is 6.31. The van der Waals surface area contributed by atoms with E-state index in [2.05, 4.69) is 25.2 Å². The number of ether oxygens (including phenoxy) is 2. The van der Waals surface area contributed by atoms with Crippen LogP contribution in [0.2, 0.25) is 5.02 Å². The Morgan fingerprint density at radius 3 is 2.57 bits per heavy atom. The van der Waals surface area contributed by atoms with Crippen LogP contribution in [0.1, 0.15) is 25.0 Å². The predicted octanol–water partition coefficient (Wildman–Crippen LogP) is 4.67. The van der Waals surface area contributed by atoms with Gasteiger partial charge < -0.3 is 14.8 Å². The maximum atomic E-state index is 6.15. The fourth-order valence-corrected chi connectivity index (χ4v) is 2.41. The molecule has 2 rings (SSSR count). The Morgan fingerprint density at radius 1 is 1.09 bits per heavy atom. The molecule has 3 nitrogen and oxygen atoms in total. The normalized spacial score (nSPS) is 10.8. The lowest BCUT2D eigenvalue weighted by Gasteiger charge is -2.13. The van der Waals surface area contributed by atoms with Crippen LogP contribution in [0.4, 0.5) is 0 Å². The number of methoxy groups -OCH3 is 1. The molecule has 0 radical (unpaired) electrons. The van der Waals surface area contributed by atoms with Crippen LogP contribution >= 0.6 is 11.6 Å². The van der Waals surface area contributed by atoms with E-state index in [9.17, 15) is 0 Å². The summed E-state index contributed by atoms with van der Waals surface area (Å²) in [6.45, 7) is 6.62. The van der Waals surface area contributed by atoms with E-state index in [1.165, 1.54) is 5.56 Å². The molecule has 23 heavy (non-hydrogen) atoms. The maximum Gasteiger partial charge on any atom is 0.161 e. The Morgan fingerprint density at radius 2 is 1.87 bits per heavy atom. The first-order chi connectivity index (χ1) is 11.1. The topological polar surface area (TPSA) is 30.5 Å². The van der Waals surface area contributed by atoms with Crippen molar-refractivity contribution < 1.29 is 9.47 Å². The third-order valence-electron chi connectivity index (χ3n) is 3.45. The summed E-state index contributed by atoms with van der Waals surface area (Å²) >= 11 is 6.15. The summed E-state index contributed by atoms with van der Waals surface area (Å²) in [4.78, 5) is 0. The maximum absolute atomic E-state index is 6.15. The molecule has 2 aromatic rings. The molecule has 0 saturated carbocycles. The van der Waals surface area contributed by atoms with Crippen molar-refractivity contribution in [2.75, 3.05) is 13.7 Å². The van der Waals surface area contributed by atoms with Gasteiger partial charge in [0.05, 0.1) is 7.11 Å². The molecular weight excluding hydrogens is 310 g/mol. The van der Waals surface area contributed by atoms with Gasteiger partial charge in [0.15, 0.2) is 11.5 Å². The summed E-state index contributed by atoms with van der Waals surface area (Å²) < 4.78 is 11.3. The van der Waals surface area contributed by atoms with Crippen molar-refractivity contribution >= 4 is 11.6 Å². The lowest BCUT2D eigenvalue weighted by Crippen LogP contribution is -2.18. The summed E-state index contributed by atoms with van der Waals surface area (Å²) in [5, 5.41) is 4.13. The molecular formula is C19H24ClNO2. The molecule has 4 heteroatoms. The van der Waals surface area contributed by atoms with Crippen LogP contribution in [-0.2, 0) is 13.2 Å². The molecule has 0 unspecified atom stereocenters. The molecule has 0 heterocycles. The first kappa shape index (κ1) is 17.6. The van der Waals surface area contributed by atoms with Crippen molar-refractivity contribution in [3.8, 4) is 11.5 Å². The average Bonchev–Trinajstić information content (AvgIpc) is 2.54. The number of hydrogen-bond acceptors (Lipinski definition) is 3. The number of halogens is 1. The first-order valence-electron chi connectivity index (χ1n) is 7.84. The summed E-state index contributed by atoms with van der Waals surface area (Å²) in [5.74, 6) is 2.09. The lowest BCUT2D eigenvalue weighted by molar-refractivity contribution is 0.284. The highest BCUT2D eigenvalue weighted by Crippen LogP contribution is 2.29. The van der Waals surface area contributed by atoms with Crippen LogP contribution in [0.25, 0.3) is 0 Å². The second-order valence-corrected chi connectivity index (χ2v) is 6.30. The van der Waals surface area contributed by atoms with Crippen LogP contribution in [0, 0.1) is 5.92 Å². The van der Waals surface area contributed by atoms with E-state index in [4.69, 9.17) is 21.1 Å². The molecule has 0 aromatic heterocycles. The summed E-state index contributed by atoms with van der Waals surface area (Å²) in [7, 11) is 1.66. The monoisotopic (exact) mass is 333 g/mol. The molecule has 0 atom stereocenters.